The molecule has 2 N–H and O–H groups in total. The van der Waals surface area contributed by atoms with E-state index in [1.165, 1.54) is 4.70 Å². The quantitative estimate of drug-likeness (QED) is 0.627. The van der Waals surface area contributed by atoms with E-state index in [2.05, 4.69) is 17.4 Å². The maximum Gasteiger partial charge on any atom is 0.0733 e. The van der Waals surface area contributed by atoms with Crippen LogP contribution in [0.15, 0.2) is 42.5 Å². The predicted molar refractivity (Wildman–Crippen MR) is 74.7 cm³/mol. The summed E-state index contributed by atoms with van der Waals surface area (Å²) in [6.45, 7) is 0. The molecule has 0 aliphatic heterocycles. The second-order valence-electron chi connectivity index (χ2n) is 3.90. The number of anilines is 1. The van der Waals surface area contributed by atoms with Gasteiger partial charge in [-0.2, -0.15) is 0 Å². The summed E-state index contributed by atoms with van der Waals surface area (Å²) in [6, 6.07) is 14.2. The van der Waals surface area contributed by atoms with E-state index in [1.54, 1.807) is 11.3 Å². The Balaban J connectivity index is 2.60. The van der Waals surface area contributed by atoms with Crippen molar-refractivity contribution >= 4 is 37.2 Å². The van der Waals surface area contributed by atoms with Crippen LogP contribution in [0.3, 0.4) is 0 Å². The number of nitrogens with one attached hydrogen (secondary N) is 2. The molecule has 0 unspecified atom stereocenters. The van der Waals surface area contributed by atoms with Gasteiger partial charge in [0.05, 0.1) is 5.36 Å². The average Bonchev–Trinajstić information content (AvgIpc) is 2.38. The molecule has 84 valence electrons. The van der Waals surface area contributed by atoms with Crippen LogP contribution in [0.5, 0.6) is 0 Å². The number of benzene rings is 2. The molecule has 3 aromatic rings. The van der Waals surface area contributed by atoms with Gasteiger partial charge in [0.1, 0.15) is 0 Å². The summed E-state index contributed by atoms with van der Waals surface area (Å²) in [5.74, 6) is 0. The van der Waals surface area contributed by atoms with Gasteiger partial charge in [-0.05, 0) is 18.2 Å². The van der Waals surface area contributed by atoms with E-state index in [0.29, 0.717) is 5.36 Å². The topological polar surface area (TPSA) is 35.9 Å². The van der Waals surface area contributed by atoms with Gasteiger partial charge in [-0.1, -0.05) is 24.3 Å². The Labute approximate surface area is 103 Å². The first-order valence-corrected chi connectivity index (χ1v) is 6.30. The van der Waals surface area contributed by atoms with E-state index in [4.69, 9.17) is 5.41 Å². The van der Waals surface area contributed by atoms with E-state index in [1.807, 2.05) is 37.4 Å². The second kappa shape index (κ2) is 3.86. The van der Waals surface area contributed by atoms with E-state index >= 15 is 0 Å². The molecule has 3 heteroatoms. The molecule has 0 fully saturated rings. The molecule has 0 atom stereocenters. The molecule has 1 aromatic heterocycles. The van der Waals surface area contributed by atoms with Crippen molar-refractivity contribution < 1.29 is 0 Å². The van der Waals surface area contributed by atoms with Crippen LogP contribution in [0.4, 0.5) is 5.69 Å². The Morgan fingerprint density at radius 2 is 1.76 bits per heavy atom. The lowest BCUT2D eigenvalue weighted by Crippen LogP contribution is -2.04. The molecule has 0 aliphatic rings. The molecular formula is C14H12N2S. The minimum absolute atomic E-state index is 0.610. The summed E-state index contributed by atoms with van der Waals surface area (Å²) in [4.78, 5) is 0. The van der Waals surface area contributed by atoms with E-state index in [-0.39, 0.29) is 0 Å². The molecule has 3 rings (SSSR count). The van der Waals surface area contributed by atoms with Crippen LogP contribution >= 0.6 is 11.3 Å². The zero-order valence-electron chi connectivity index (χ0n) is 9.45. The minimum atomic E-state index is 0.610. The van der Waals surface area contributed by atoms with Gasteiger partial charge >= 0.3 is 0 Å². The van der Waals surface area contributed by atoms with Crippen LogP contribution in [0, 0.1) is 5.41 Å². The van der Waals surface area contributed by atoms with Crippen molar-refractivity contribution in [1.29, 1.82) is 5.41 Å². The van der Waals surface area contributed by atoms with Gasteiger partial charge in [0.25, 0.3) is 0 Å². The van der Waals surface area contributed by atoms with Gasteiger partial charge in [-0.25, -0.2) is 0 Å². The van der Waals surface area contributed by atoms with Gasteiger partial charge in [0.2, 0.25) is 0 Å². The number of fused-ring (bicyclic) bond motifs is 2. The van der Waals surface area contributed by atoms with Crippen molar-refractivity contribution in [2.24, 2.45) is 0 Å². The highest BCUT2D eigenvalue weighted by Gasteiger charge is 2.05. The normalized spacial score (nSPS) is 10.9. The second-order valence-corrected chi connectivity index (χ2v) is 4.99. The molecule has 0 bridgehead atoms. The van der Waals surface area contributed by atoms with Gasteiger partial charge < -0.3 is 5.32 Å². The van der Waals surface area contributed by atoms with Crippen LogP contribution in [0.25, 0.3) is 20.2 Å². The zero-order valence-corrected chi connectivity index (χ0v) is 10.3. The Bertz CT molecular complexity index is 759. The standard InChI is InChI=1S/C14H12N2S/c1-16-10-6-4-8-12-13(10)14(15)9-5-2-3-7-11(9)17-12/h2-8,15-16H,1H3. The number of hydrogen-bond acceptors (Lipinski definition) is 3. The molecule has 17 heavy (non-hydrogen) atoms. The Morgan fingerprint density at radius 1 is 1.00 bits per heavy atom. The fourth-order valence-corrected chi connectivity index (χ4v) is 3.22. The maximum atomic E-state index is 8.34. The number of hydrogen-bond donors (Lipinski definition) is 2. The lowest BCUT2D eigenvalue weighted by atomic mass is 10.1. The summed E-state index contributed by atoms with van der Waals surface area (Å²) in [5.41, 5.74) is 1.02. The monoisotopic (exact) mass is 240 g/mol. The molecule has 0 aliphatic carbocycles. The van der Waals surface area contributed by atoms with E-state index < -0.39 is 0 Å². The Morgan fingerprint density at radius 3 is 2.59 bits per heavy atom. The fourth-order valence-electron chi connectivity index (χ4n) is 2.10. The molecule has 1 heterocycles. The van der Waals surface area contributed by atoms with Crippen molar-refractivity contribution in [1.82, 2.24) is 0 Å². The smallest absolute Gasteiger partial charge is 0.0733 e. The third-order valence-corrected chi connectivity index (χ3v) is 4.06. The lowest BCUT2D eigenvalue weighted by Gasteiger charge is -2.07. The SMILES string of the molecule is CNc1cccc2sc3ccccc3c(=N)c12. The van der Waals surface area contributed by atoms with Gasteiger partial charge in [-0.15, -0.1) is 11.3 Å². The van der Waals surface area contributed by atoms with Crippen LogP contribution < -0.4 is 10.7 Å². The van der Waals surface area contributed by atoms with Crippen molar-refractivity contribution in [2.75, 3.05) is 12.4 Å². The largest absolute Gasteiger partial charge is 0.388 e. The molecule has 2 aromatic carbocycles. The molecule has 0 saturated carbocycles. The van der Waals surface area contributed by atoms with Crippen LogP contribution in [0.2, 0.25) is 0 Å². The molecule has 0 amide bonds. The predicted octanol–water partition coefficient (Wildman–Crippen LogP) is 3.58. The third-order valence-electron chi connectivity index (χ3n) is 2.92. The first-order chi connectivity index (χ1) is 8.31. The third kappa shape index (κ3) is 1.51. The highest BCUT2D eigenvalue weighted by Crippen LogP contribution is 2.28. The van der Waals surface area contributed by atoms with Crippen molar-refractivity contribution in [2.45, 2.75) is 0 Å². The van der Waals surface area contributed by atoms with Gasteiger partial charge in [0.15, 0.2) is 0 Å². The molecule has 2 nitrogen and oxygen atoms in total. The number of rotatable bonds is 1. The summed E-state index contributed by atoms with van der Waals surface area (Å²) in [7, 11) is 1.90. The van der Waals surface area contributed by atoms with Crippen LogP contribution in [-0.2, 0) is 0 Å². The minimum Gasteiger partial charge on any atom is -0.388 e. The van der Waals surface area contributed by atoms with Crippen molar-refractivity contribution in [3.63, 3.8) is 0 Å². The Kier molecular flexibility index (Phi) is 2.34. The first-order valence-electron chi connectivity index (χ1n) is 5.48. The summed E-state index contributed by atoms with van der Waals surface area (Å²) in [5, 5.41) is 14.1. The highest BCUT2D eigenvalue weighted by molar-refractivity contribution is 7.24. The van der Waals surface area contributed by atoms with Crippen LogP contribution in [-0.4, -0.2) is 7.05 Å². The summed E-state index contributed by atoms with van der Waals surface area (Å²) in [6.07, 6.45) is 0. The first kappa shape index (κ1) is 10.3. The summed E-state index contributed by atoms with van der Waals surface area (Å²) >= 11 is 1.73. The van der Waals surface area contributed by atoms with E-state index in [0.717, 1.165) is 21.2 Å². The van der Waals surface area contributed by atoms with E-state index in [9.17, 15) is 0 Å². The highest BCUT2D eigenvalue weighted by atomic mass is 32.1. The molecule has 0 radical (unpaired) electrons. The molecule has 0 saturated heterocycles. The summed E-state index contributed by atoms with van der Waals surface area (Å²) < 4.78 is 2.32. The lowest BCUT2D eigenvalue weighted by molar-refractivity contribution is 1.34. The average molecular weight is 240 g/mol. The molecule has 0 spiro atoms. The van der Waals surface area contributed by atoms with Gasteiger partial charge in [-0.3, -0.25) is 5.41 Å². The van der Waals surface area contributed by atoms with Crippen molar-refractivity contribution in [3.8, 4) is 0 Å². The molecular weight excluding hydrogens is 228 g/mol. The zero-order chi connectivity index (χ0) is 11.8. The fraction of sp³-hybridized carbons (Fsp3) is 0.0714. The van der Waals surface area contributed by atoms with Crippen molar-refractivity contribution in [3.05, 3.63) is 47.8 Å². The van der Waals surface area contributed by atoms with Gasteiger partial charge in [0, 0.05) is 32.9 Å². The Hall–Kier alpha value is -1.87. The maximum absolute atomic E-state index is 8.34. The van der Waals surface area contributed by atoms with Crippen LogP contribution in [0.1, 0.15) is 0 Å².